The third-order valence-electron chi connectivity index (χ3n) is 13.5. The Bertz CT molecular complexity index is 829. The normalized spacial score (nSPS) is 46.3. The van der Waals surface area contributed by atoms with Crippen LogP contribution in [-0.2, 0) is 4.79 Å². The Hall–Kier alpha value is -0.650. The van der Waals surface area contributed by atoms with Crippen molar-refractivity contribution in [3.8, 4) is 0 Å². The molecule has 224 valence electrons. The fraction of sp³-hybridized carbons (Fsp3) is 0.971. The lowest BCUT2D eigenvalue weighted by Gasteiger charge is -2.64. The number of unbranched alkanes of at least 4 members (excludes halogenated alkanes) is 1. The Labute approximate surface area is 239 Å². The van der Waals surface area contributed by atoms with Crippen molar-refractivity contribution in [3.63, 3.8) is 0 Å². The summed E-state index contributed by atoms with van der Waals surface area (Å²) in [7, 11) is 0. The highest BCUT2D eigenvalue weighted by molar-refractivity contribution is 5.75. The largest absolute Gasteiger partial charge is 0.393 e. The quantitative estimate of drug-likeness (QED) is 0.257. The third-order valence-corrected chi connectivity index (χ3v) is 13.5. The first-order chi connectivity index (χ1) is 18.7. The smallest absolute Gasteiger partial charge is 0.220 e. The van der Waals surface area contributed by atoms with Crippen molar-refractivity contribution >= 4 is 5.91 Å². The zero-order valence-corrected chi connectivity index (χ0v) is 25.6. The van der Waals surface area contributed by atoms with Crippen molar-refractivity contribution in [3.05, 3.63) is 0 Å². The maximum absolute atomic E-state index is 12.7. The summed E-state index contributed by atoms with van der Waals surface area (Å²) in [5, 5.41) is 29.1. The Morgan fingerprint density at radius 1 is 1.00 bits per heavy atom. The van der Waals surface area contributed by atoms with Crippen molar-refractivity contribution in [1.29, 1.82) is 0 Å². The van der Waals surface area contributed by atoms with E-state index >= 15 is 0 Å². The predicted molar refractivity (Wildman–Crippen MR) is 158 cm³/mol. The van der Waals surface area contributed by atoms with Gasteiger partial charge in [0.2, 0.25) is 5.91 Å². The molecule has 4 N–H and O–H groups in total. The van der Waals surface area contributed by atoms with E-state index in [2.05, 4.69) is 38.3 Å². The van der Waals surface area contributed by atoms with Gasteiger partial charge in [-0.1, -0.05) is 40.5 Å². The number of fused-ring (bicyclic) bond motifs is 5. The van der Waals surface area contributed by atoms with Crippen LogP contribution in [0.15, 0.2) is 0 Å². The highest BCUT2D eigenvalue weighted by atomic mass is 16.3. The Balaban J connectivity index is 1.15. The van der Waals surface area contributed by atoms with Crippen LogP contribution in [0.3, 0.4) is 0 Å². The van der Waals surface area contributed by atoms with Crippen LogP contribution in [0, 0.1) is 58.2 Å². The monoisotopic (exact) mass is 544 g/mol. The fourth-order valence-corrected chi connectivity index (χ4v) is 11.3. The third kappa shape index (κ3) is 5.72. The number of hydrogen-bond donors (Lipinski definition) is 4. The van der Waals surface area contributed by atoms with E-state index in [1.807, 2.05) is 0 Å². The predicted octanol–water partition coefficient (Wildman–Crippen LogP) is 5.93. The van der Waals surface area contributed by atoms with Crippen molar-refractivity contribution in [2.45, 2.75) is 130 Å². The number of carbonyl (C=O) groups is 1. The zero-order valence-electron chi connectivity index (χ0n) is 25.6. The molecule has 1 heterocycles. The van der Waals surface area contributed by atoms with Gasteiger partial charge in [0, 0.05) is 13.0 Å². The number of aliphatic hydroxyl groups excluding tert-OH is 2. The maximum atomic E-state index is 12.7. The van der Waals surface area contributed by atoms with Crippen LogP contribution in [-0.4, -0.2) is 48.0 Å². The van der Waals surface area contributed by atoms with Crippen molar-refractivity contribution in [1.82, 2.24) is 10.6 Å². The lowest BCUT2D eigenvalue weighted by atomic mass is 9.41. The highest BCUT2D eigenvalue weighted by Crippen LogP contribution is 2.69. The SMILES string of the molecule is CC[C@H]1[C@@H](O)[C@@H]2[C@H](CC[C@]3(C)[C@@H]([C@H](C)CCC(=O)NCCCCC4CCNC4)CC[C@@H]23)[C@@]2(C)CC[C@@H](O)C[C@@H]12. The van der Waals surface area contributed by atoms with Crippen LogP contribution in [0.25, 0.3) is 0 Å². The summed E-state index contributed by atoms with van der Waals surface area (Å²) in [6.07, 6.45) is 15.1. The van der Waals surface area contributed by atoms with E-state index in [9.17, 15) is 15.0 Å². The number of nitrogens with one attached hydrogen (secondary N) is 2. The molecule has 1 aliphatic heterocycles. The van der Waals surface area contributed by atoms with Gasteiger partial charge in [-0.2, -0.15) is 0 Å². The van der Waals surface area contributed by atoms with Crippen molar-refractivity contribution in [2.75, 3.05) is 19.6 Å². The average molecular weight is 545 g/mol. The summed E-state index contributed by atoms with van der Waals surface area (Å²) in [6, 6.07) is 0. The summed E-state index contributed by atoms with van der Waals surface area (Å²) >= 11 is 0. The number of carbonyl (C=O) groups excluding carboxylic acids is 1. The minimum atomic E-state index is -0.224. The molecule has 0 spiro atoms. The molecule has 1 amide bonds. The lowest BCUT2D eigenvalue weighted by molar-refractivity contribution is -0.203. The summed E-state index contributed by atoms with van der Waals surface area (Å²) in [5.74, 6) is 4.66. The molecule has 4 aliphatic carbocycles. The molecule has 1 unspecified atom stereocenters. The topological polar surface area (TPSA) is 81.6 Å². The molecule has 5 nitrogen and oxygen atoms in total. The first-order valence-corrected chi connectivity index (χ1v) is 17.0. The fourth-order valence-electron chi connectivity index (χ4n) is 11.3. The summed E-state index contributed by atoms with van der Waals surface area (Å²) in [6.45, 7) is 12.9. The molecule has 5 aliphatic rings. The standard InChI is InChI=1S/C34H60N2O3/c1-5-25-29-20-24(37)13-16-34(29,4)28-14-17-33(3)26(10-11-27(33)31(28)32(25)39)22(2)9-12-30(38)36-18-7-6-8-23-15-19-35-21-23/h22-29,31-32,35,37,39H,5-21H2,1-4H3,(H,36,38)/t22-,23?,24-,25-,26-,27+,28+,29+,31+,32-,33-,34-/m1/s1. The number of aliphatic hydroxyl groups is 2. The summed E-state index contributed by atoms with van der Waals surface area (Å²) < 4.78 is 0. The van der Waals surface area contributed by atoms with Gasteiger partial charge in [-0.15, -0.1) is 0 Å². The molecule has 1 saturated heterocycles. The first-order valence-electron chi connectivity index (χ1n) is 17.0. The Kier molecular flexibility index (Phi) is 9.41. The minimum Gasteiger partial charge on any atom is -0.393 e. The van der Waals surface area contributed by atoms with Crippen LogP contribution >= 0.6 is 0 Å². The molecule has 0 aromatic carbocycles. The van der Waals surface area contributed by atoms with E-state index < -0.39 is 0 Å². The van der Waals surface area contributed by atoms with Gasteiger partial charge in [0.15, 0.2) is 0 Å². The van der Waals surface area contributed by atoms with Crippen molar-refractivity contribution < 1.29 is 15.0 Å². The molecule has 0 aromatic heterocycles. The van der Waals surface area contributed by atoms with Crippen LogP contribution in [0.4, 0.5) is 0 Å². The Morgan fingerprint density at radius 2 is 1.77 bits per heavy atom. The second-order valence-corrected chi connectivity index (χ2v) is 15.3. The average Bonchev–Trinajstić information content (AvgIpc) is 3.56. The molecular formula is C34H60N2O3. The first kappa shape index (κ1) is 29.8. The Morgan fingerprint density at radius 3 is 2.51 bits per heavy atom. The van der Waals surface area contributed by atoms with Crippen LogP contribution in [0.1, 0.15) is 118 Å². The summed E-state index contributed by atoms with van der Waals surface area (Å²) in [5.41, 5.74) is 0.545. The van der Waals surface area contributed by atoms with E-state index in [-0.39, 0.29) is 28.9 Å². The maximum Gasteiger partial charge on any atom is 0.220 e. The molecule has 12 atom stereocenters. The molecule has 0 bridgehead atoms. The van der Waals surface area contributed by atoms with Gasteiger partial charge in [-0.3, -0.25) is 4.79 Å². The number of hydrogen-bond acceptors (Lipinski definition) is 4. The zero-order chi connectivity index (χ0) is 27.8. The number of rotatable bonds is 10. The molecule has 4 saturated carbocycles. The van der Waals surface area contributed by atoms with E-state index in [0.29, 0.717) is 47.8 Å². The van der Waals surface area contributed by atoms with Gasteiger partial charge in [-0.25, -0.2) is 0 Å². The van der Waals surface area contributed by atoms with Gasteiger partial charge < -0.3 is 20.8 Å². The van der Waals surface area contributed by atoms with E-state index in [4.69, 9.17) is 0 Å². The second kappa shape index (κ2) is 12.3. The van der Waals surface area contributed by atoms with Crippen LogP contribution in [0.5, 0.6) is 0 Å². The molecule has 0 radical (unpaired) electrons. The van der Waals surface area contributed by atoms with E-state index in [0.717, 1.165) is 51.0 Å². The molecule has 5 rings (SSSR count). The molecule has 5 fully saturated rings. The van der Waals surface area contributed by atoms with Crippen LogP contribution in [0.2, 0.25) is 0 Å². The molecule has 0 aromatic rings. The molecule has 5 heteroatoms. The summed E-state index contributed by atoms with van der Waals surface area (Å²) in [4.78, 5) is 12.7. The van der Waals surface area contributed by atoms with E-state index in [1.54, 1.807) is 0 Å². The van der Waals surface area contributed by atoms with Crippen LogP contribution < -0.4 is 10.6 Å². The second-order valence-electron chi connectivity index (χ2n) is 15.3. The highest BCUT2D eigenvalue weighted by Gasteiger charge is 2.64. The molecular weight excluding hydrogens is 484 g/mol. The molecule has 39 heavy (non-hydrogen) atoms. The van der Waals surface area contributed by atoms with Crippen molar-refractivity contribution in [2.24, 2.45) is 58.2 Å². The van der Waals surface area contributed by atoms with E-state index in [1.165, 1.54) is 58.0 Å². The van der Waals surface area contributed by atoms with Gasteiger partial charge in [0.25, 0.3) is 0 Å². The van der Waals surface area contributed by atoms with Gasteiger partial charge in [0.1, 0.15) is 0 Å². The number of amides is 1. The van der Waals surface area contributed by atoms with Gasteiger partial charge in [0.05, 0.1) is 12.2 Å². The lowest BCUT2D eigenvalue weighted by Crippen LogP contribution is -2.62. The van der Waals surface area contributed by atoms with Gasteiger partial charge >= 0.3 is 0 Å². The minimum absolute atomic E-state index is 0.182. The van der Waals surface area contributed by atoms with Gasteiger partial charge in [-0.05, 0) is 142 Å².